The molecule has 138 valence electrons. The van der Waals surface area contributed by atoms with Crippen LogP contribution in [-0.4, -0.2) is 31.1 Å². The maximum Gasteiger partial charge on any atom is 0.328 e. The van der Waals surface area contributed by atoms with Crippen LogP contribution in [0.1, 0.15) is 23.7 Å². The summed E-state index contributed by atoms with van der Waals surface area (Å²) < 4.78 is 23.3. The summed E-state index contributed by atoms with van der Waals surface area (Å²) in [5, 5.41) is 2.85. The lowest BCUT2D eigenvalue weighted by molar-refractivity contribution is -0.145. The fraction of sp³-hybridized carbons (Fsp3) is 0.263. The van der Waals surface area contributed by atoms with Gasteiger partial charge in [0.15, 0.2) is 0 Å². The Labute approximate surface area is 156 Å². The molecule has 0 heterocycles. The van der Waals surface area contributed by atoms with E-state index in [1.807, 2.05) is 0 Å². The number of amides is 1. The maximum atomic E-state index is 12.8. The van der Waals surface area contributed by atoms with Crippen molar-refractivity contribution in [2.75, 3.05) is 13.2 Å². The van der Waals surface area contributed by atoms with Gasteiger partial charge in [-0.05, 0) is 43.3 Å². The standard InChI is InChI=1S/C19H19ClFNO4/c1-13(22-18(23)16-5-2-3-6-17(16)20)19(24)26-12-4-11-25-15-9-7-14(21)8-10-15/h2-3,5-10,13H,4,11-12H2,1H3,(H,22,23). The first kappa shape index (κ1) is 19.7. The van der Waals surface area contributed by atoms with Crippen LogP contribution in [0.15, 0.2) is 48.5 Å². The van der Waals surface area contributed by atoms with Crippen molar-refractivity contribution in [2.24, 2.45) is 0 Å². The SMILES string of the molecule is CC(NC(=O)c1ccccc1Cl)C(=O)OCCCOc1ccc(F)cc1. The first-order valence-electron chi connectivity index (χ1n) is 8.08. The Morgan fingerprint density at radius 1 is 1.12 bits per heavy atom. The molecule has 5 nitrogen and oxygen atoms in total. The molecular formula is C19H19ClFNO4. The highest BCUT2D eigenvalue weighted by molar-refractivity contribution is 6.33. The summed E-state index contributed by atoms with van der Waals surface area (Å²) in [4.78, 5) is 24.0. The smallest absolute Gasteiger partial charge is 0.328 e. The van der Waals surface area contributed by atoms with E-state index in [1.165, 1.54) is 31.2 Å². The molecule has 2 aromatic rings. The lowest BCUT2D eigenvalue weighted by Gasteiger charge is -2.14. The van der Waals surface area contributed by atoms with E-state index < -0.39 is 17.9 Å². The third kappa shape index (κ3) is 6.04. The van der Waals surface area contributed by atoms with Crippen LogP contribution in [0.2, 0.25) is 5.02 Å². The van der Waals surface area contributed by atoms with Gasteiger partial charge in [-0.25, -0.2) is 9.18 Å². The normalized spacial score (nSPS) is 11.5. The van der Waals surface area contributed by atoms with Gasteiger partial charge in [-0.2, -0.15) is 0 Å². The largest absolute Gasteiger partial charge is 0.493 e. The highest BCUT2D eigenvalue weighted by Gasteiger charge is 2.19. The molecule has 0 bridgehead atoms. The highest BCUT2D eigenvalue weighted by atomic mass is 35.5. The number of benzene rings is 2. The van der Waals surface area contributed by atoms with Crippen molar-refractivity contribution in [3.05, 3.63) is 64.9 Å². The van der Waals surface area contributed by atoms with Gasteiger partial charge in [-0.15, -0.1) is 0 Å². The summed E-state index contributed by atoms with van der Waals surface area (Å²) in [5.74, 6) is -0.788. The molecule has 7 heteroatoms. The molecule has 0 spiro atoms. The van der Waals surface area contributed by atoms with Crippen LogP contribution in [0.5, 0.6) is 5.75 Å². The molecule has 0 aromatic heterocycles. The highest BCUT2D eigenvalue weighted by Crippen LogP contribution is 2.15. The van der Waals surface area contributed by atoms with Gasteiger partial charge in [0.2, 0.25) is 0 Å². The molecule has 1 unspecified atom stereocenters. The molecule has 0 aliphatic carbocycles. The van der Waals surface area contributed by atoms with Gasteiger partial charge in [0, 0.05) is 6.42 Å². The van der Waals surface area contributed by atoms with Crippen LogP contribution in [0.25, 0.3) is 0 Å². The zero-order chi connectivity index (χ0) is 18.9. The van der Waals surface area contributed by atoms with Gasteiger partial charge in [0.05, 0.1) is 23.8 Å². The number of ether oxygens (including phenoxy) is 2. The lowest BCUT2D eigenvalue weighted by atomic mass is 10.2. The molecule has 1 N–H and O–H groups in total. The Kier molecular flexibility index (Phi) is 7.41. The first-order chi connectivity index (χ1) is 12.5. The van der Waals surface area contributed by atoms with E-state index in [2.05, 4.69) is 5.32 Å². The summed E-state index contributed by atoms with van der Waals surface area (Å²) in [5.41, 5.74) is 0.293. The minimum atomic E-state index is -0.809. The average Bonchev–Trinajstić information content (AvgIpc) is 2.63. The van der Waals surface area contributed by atoms with Gasteiger partial charge in [0.1, 0.15) is 17.6 Å². The molecule has 1 amide bonds. The van der Waals surface area contributed by atoms with E-state index >= 15 is 0 Å². The quantitative estimate of drug-likeness (QED) is 0.562. The number of esters is 1. The van der Waals surface area contributed by atoms with Gasteiger partial charge in [0.25, 0.3) is 5.91 Å². The Morgan fingerprint density at radius 3 is 2.50 bits per heavy atom. The van der Waals surface area contributed by atoms with Crippen molar-refractivity contribution in [2.45, 2.75) is 19.4 Å². The fourth-order valence-electron chi connectivity index (χ4n) is 2.06. The topological polar surface area (TPSA) is 64.6 Å². The molecule has 0 saturated heterocycles. The monoisotopic (exact) mass is 379 g/mol. The number of halogens is 2. The van der Waals surface area contributed by atoms with Crippen molar-refractivity contribution in [3.63, 3.8) is 0 Å². The van der Waals surface area contributed by atoms with Crippen LogP contribution in [0, 0.1) is 5.82 Å². The Hall–Kier alpha value is -2.60. The summed E-state index contributed by atoms with van der Waals surface area (Å²) in [6.07, 6.45) is 0.467. The van der Waals surface area contributed by atoms with Crippen molar-refractivity contribution < 1.29 is 23.5 Å². The number of hydrogen-bond acceptors (Lipinski definition) is 4. The number of rotatable bonds is 8. The molecule has 0 fully saturated rings. The van der Waals surface area contributed by atoms with Crippen LogP contribution in [0.4, 0.5) is 4.39 Å². The Bertz CT molecular complexity index is 751. The maximum absolute atomic E-state index is 12.8. The van der Waals surface area contributed by atoms with Crippen LogP contribution < -0.4 is 10.1 Å². The van der Waals surface area contributed by atoms with Crippen molar-refractivity contribution in [1.29, 1.82) is 0 Å². The van der Waals surface area contributed by atoms with E-state index in [9.17, 15) is 14.0 Å². The minimum absolute atomic E-state index is 0.145. The average molecular weight is 380 g/mol. The van der Waals surface area contributed by atoms with E-state index in [-0.39, 0.29) is 12.4 Å². The zero-order valence-electron chi connectivity index (χ0n) is 14.2. The number of hydrogen-bond donors (Lipinski definition) is 1. The second-order valence-electron chi connectivity index (χ2n) is 5.50. The molecule has 0 radical (unpaired) electrons. The van der Waals surface area contributed by atoms with Gasteiger partial charge in [-0.1, -0.05) is 23.7 Å². The number of carbonyl (C=O) groups is 2. The predicted molar refractivity (Wildman–Crippen MR) is 95.9 cm³/mol. The number of nitrogens with one attached hydrogen (secondary N) is 1. The van der Waals surface area contributed by atoms with Gasteiger partial charge >= 0.3 is 5.97 Å². The zero-order valence-corrected chi connectivity index (χ0v) is 15.0. The molecule has 0 saturated carbocycles. The Morgan fingerprint density at radius 2 is 1.81 bits per heavy atom. The summed E-state index contributed by atoms with van der Waals surface area (Å²) in [6, 6.07) is 11.4. The molecule has 0 aliphatic heterocycles. The summed E-state index contributed by atoms with van der Waals surface area (Å²) >= 11 is 5.95. The van der Waals surface area contributed by atoms with Crippen molar-refractivity contribution in [3.8, 4) is 5.75 Å². The molecular weight excluding hydrogens is 361 g/mol. The first-order valence-corrected chi connectivity index (χ1v) is 8.45. The van der Waals surface area contributed by atoms with Crippen molar-refractivity contribution in [1.82, 2.24) is 5.32 Å². The van der Waals surface area contributed by atoms with Crippen molar-refractivity contribution >= 4 is 23.5 Å². The van der Waals surface area contributed by atoms with Gasteiger partial charge in [-0.3, -0.25) is 4.79 Å². The van der Waals surface area contributed by atoms with Crippen LogP contribution >= 0.6 is 11.6 Å². The number of carbonyl (C=O) groups excluding carboxylic acids is 2. The summed E-state index contributed by atoms with van der Waals surface area (Å²) in [7, 11) is 0. The van der Waals surface area contributed by atoms with E-state index in [0.29, 0.717) is 29.4 Å². The van der Waals surface area contributed by atoms with E-state index in [4.69, 9.17) is 21.1 Å². The third-order valence-corrected chi connectivity index (χ3v) is 3.76. The van der Waals surface area contributed by atoms with Crippen LogP contribution in [0.3, 0.4) is 0 Å². The summed E-state index contributed by atoms with van der Waals surface area (Å²) in [6.45, 7) is 2.00. The molecule has 26 heavy (non-hydrogen) atoms. The minimum Gasteiger partial charge on any atom is -0.493 e. The molecule has 1 atom stereocenters. The third-order valence-electron chi connectivity index (χ3n) is 3.43. The fourth-order valence-corrected chi connectivity index (χ4v) is 2.28. The predicted octanol–water partition coefficient (Wildman–Crippen LogP) is 3.61. The second kappa shape index (κ2) is 9.77. The molecule has 0 aliphatic rings. The van der Waals surface area contributed by atoms with E-state index in [1.54, 1.807) is 24.3 Å². The van der Waals surface area contributed by atoms with E-state index in [0.717, 1.165) is 0 Å². The van der Waals surface area contributed by atoms with Gasteiger partial charge < -0.3 is 14.8 Å². The molecule has 2 aromatic carbocycles. The molecule has 2 rings (SSSR count). The van der Waals surface area contributed by atoms with Crippen LogP contribution in [-0.2, 0) is 9.53 Å². The second-order valence-corrected chi connectivity index (χ2v) is 5.91. The Balaban J connectivity index is 1.68. The lowest BCUT2D eigenvalue weighted by Crippen LogP contribution is -2.39.